The Morgan fingerprint density at radius 3 is 2.83 bits per heavy atom. The summed E-state index contributed by atoms with van der Waals surface area (Å²) in [6.07, 6.45) is 3.80. The summed E-state index contributed by atoms with van der Waals surface area (Å²) in [5.41, 5.74) is 1.09. The summed E-state index contributed by atoms with van der Waals surface area (Å²) in [6, 6.07) is 0. The molecule has 0 N–H and O–H groups in total. The molecule has 2 aliphatic rings. The topological polar surface area (TPSA) is 29.6 Å². The molecule has 0 aromatic carbocycles. The van der Waals surface area contributed by atoms with Crippen LogP contribution >= 0.6 is 0 Å². The molecule has 1 aliphatic heterocycles. The van der Waals surface area contributed by atoms with Gasteiger partial charge in [-0.05, 0) is 32.8 Å². The number of ether oxygens (including phenoxy) is 1. The van der Waals surface area contributed by atoms with Gasteiger partial charge in [-0.3, -0.25) is 4.79 Å². The van der Waals surface area contributed by atoms with Crippen molar-refractivity contribution in [3.05, 3.63) is 11.6 Å². The maximum atomic E-state index is 11.5. The summed E-state index contributed by atoms with van der Waals surface area (Å²) in [7, 11) is 0. The number of carbonyl (C=O) groups is 1. The first-order chi connectivity index (χ1) is 5.62. The Morgan fingerprint density at radius 1 is 1.67 bits per heavy atom. The van der Waals surface area contributed by atoms with Crippen LogP contribution in [0.4, 0.5) is 0 Å². The normalized spacial score (nSPS) is 41.0. The molecular formula is C10H14O2. The number of hydrogen-bond donors (Lipinski definition) is 0. The third kappa shape index (κ3) is 1.20. The van der Waals surface area contributed by atoms with E-state index in [4.69, 9.17) is 4.74 Å². The van der Waals surface area contributed by atoms with Crippen molar-refractivity contribution in [2.24, 2.45) is 5.92 Å². The molecule has 2 atom stereocenters. The summed E-state index contributed by atoms with van der Waals surface area (Å²) in [4.78, 5) is 11.5. The van der Waals surface area contributed by atoms with Crippen LogP contribution in [-0.4, -0.2) is 18.0 Å². The molecule has 0 unspecified atom stereocenters. The number of ketones is 1. The van der Waals surface area contributed by atoms with Crippen LogP contribution in [0.2, 0.25) is 0 Å². The zero-order chi connectivity index (χ0) is 8.77. The Labute approximate surface area is 72.6 Å². The van der Waals surface area contributed by atoms with E-state index in [0.29, 0.717) is 0 Å². The molecule has 1 saturated heterocycles. The van der Waals surface area contributed by atoms with Gasteiger partial charge in [-0.1, -0.05) is 5.57 Å². The van der Waals surface area contributed by atoms with Crippen LogP contribution in [0.5, 0.6) is 0 Å². The van der Waals surface area contributed by atoms with E-state index >= 15 is 0 Å². The molecule has 0 saturated carbocycles. The van der Waals surface area contributed by atoms with Crippen molar-refractivity contribution in [3.63, 3.8) is 0 Å². The van der Waals surface area contributed by atoms with Crippen molar-refractivity contribution in [3.8, 4) is 0 Å². The third-order valence-electron chi connectivity index (χ3n) is 2.90. The van der Waals surface area contributed by atoms with Crippen LogP contribution in [-0.2, 0) is 9.53 Å². The summed E-state index contributed by atoms with van der Waals surface area (Å²) in [5.74, 6) is 0.389. The fourth-order valence-electron chi connectivity index (χ4n) is 1.85. The Morgan fingerprint density at radius 2 is 2.33 bits per heavy atom. The molecule has 0 aromatic rings. The Balaban J connectivity index is 2.15. The smallest absolute Gasteiger partial charge is 0.161 e. The second-order valence-corrected chi connectivity index (χ2v) is 4.09. The minimum Gasteiger partial charge on any atom is -0.369 e. The second kappa shape index (κ2) is 2.43. The highest BCUT2D eigenvalue weighted by Crippen LogP contribution is 2.40. The number of carbonyl (C=O) groups excluding carboxylic acids is 1. The standard InChI is InChI=1S/C10H14O2/c1-7-3-4-8(9(11)5-7)10(2)6-12-10/h5,8H,3-4,6H2,1-2H3/t8-,10-/m0/s1. The van der Waals surface area contributed by atoms with Gasteiger partial charge in [0.1, 0.15) is 0 Å². The fourth-order valence-corrected chi connectivity index (χ4v) is 1.85. The molecule has 0 bridgehead atoms. The number of rotatable bonds is 1. The molecule has 12 heavy (non-hydrogen) atoms. The minimum atomic E-state index is -0.117. The van der Waals surface area contributed by atoms with Crippen LogP contribution < -0.4 is 0 Å². The minimum absolute atomic E-state index is 0.117. The second-order valence-electron chi connectivity index (χ2n) is 4.09. The highest BCUT2D eigenvalue weighted by molar-refractivity contribution is 5.94. The predicted molar refractivity (Wildman–Crippen MR) is 45.8 cm³/mol. The Kier molecular flexibility index (Phi) is 1.62. The summed E-state index contributed by atoms with van der Waals surface area (Å²) in [6.45, 7) is 4.81. The Hall–Kier alpha value is -0.630. The van der Waals surface area contributed by atoms with E-state index in [2.05, 4.69) is 0 Å². The van der Waals surface area contributed by atoms with Crippen LogP contribution in [0.3, 0.4) is 0 Å². The van der Waals surface area contributed by atoms with Gasteiger partial charge in [0.2, 0.25) is 0 Å². The molecule has 66 valence electrons. The lowest BCUT2D eigenvalue weighted by atomic mass is 9.81. The summed E-state index contributed by atoms with van der Waals surface area (Å²) < 4.78 is 5.29. The van der Waals surface area contributed by atoms with E-state index in [1.165, 1.54) is 5.57 Å². The lowest BCUT2D eigenvalue weighted by molar-refractivity contribution is -0.120. The van der Waals surface area contributed by atoms with Crippen molar-refractivity contribution in [1.29, 1.82) is 0 Å². The molecular weight excluding hydrogens is 152 g/mol. The third-order valence-corrected chi connectivity index (χ3v) is 2.90. The number of allylic oxidation sites excluding steroid dienone is 2. The van der Waals surface area contributed by atoms with Gasteiger partial charge in [-0.25, -0.2) is 0 Å². The highest BCUT2D eigenvalue weighted by Gasteiger charge is 2.49. The van der Waals surface area contributed by atoms with Crippen LogP contribution in [0.25, 0.3) is 0 Å². The van der Waals surface area contributed by atoms with Gasteiger partial charge < -0.3 is 4.74 Å². The Bertz CT molecular complexity index is 249. The van der Waals surface area contributed by atoms with E-state index in [9.17, 15) is 4.79 Å². The van der Waals surface area contributed by atoms with Crippen LogP contribution in [0, 0.1) is 5.92 Å². The number of hydrogen-bond acceptors (Lipinski definition) is 2. The molecule has 1 aliphatic carbocycles. The van der Waals surface area contributed by atoms with Crippen molar-refractivity contribution in [1.82, 2.24) is 0 Å². The largest absolute Gasteiger partial charge is 0.369 e. The van der Waals surface area contributed by atoms with Crippen molar-refractivity contribution < 1.29 is 9.53 Å². The van der Waals surface area contributed by atoms with Gasteiger partial charge in [-0.2, -0.15) is 0 Å². The first kappa shape index (κ1) is 7.99. The van der Waals surface area contributed by atoms with Gasteiger partial charge in [0, 0.05) is 0 Å². The van der Waals surface area contributed by atoms with Crippen molar-refractivity contribution in [2.45, 2.75) is 32.3 Å². The highest BCUT2D eigenvalue weighted by atomic mass is 16.6. The van der Waals surface area contributed by atoms with E-state index < -0.39 is 0 Å². The van der Waals surface area contributed by atoms with E-state index in [0.717, 1.165) is 19.4 Å². The predicted octanol–water partition coefficient (Wildman–Crippen LogP) is 1.70. The summed E-state index contributed by atoms with van der Waals surface area (Å²) >= 11 is 0. The van der Waals surface area contributed by atoms with E-state index in [1.54, 1.807) is 6.08 Å². The van der Waals surface area contributed by atoms with Crippen LogP contribution in [0.1, 0.15) is 26.7 Å². The molecule has 0 radical (unpaired) electrons. The average Bonchev–Trinajstić information content (AvgIpc) is 2.68. The zero-order valence-electron chi connectivity index (χ0n) is 7.59. The molecule has 2 nitrogen and oxygen atoms in total. The first-order valence-electron chi connectivity index (χ1n) is 4.47. The van der Waals surface area contributed by atoms with Crippen LogP contribution in [0.15, 0.2) is 11.6 Å². The average molecular weight is 166 g/mol. The van der Waals surface area contributed by atoms with Gasteiger partial charge in [0.05, 0.1) is 18.1 Å². The molecule has 0 aromatic heterocycles. The van der Waals surface area contributed by atoms with E-state index in [1.807, 2.05) is 13.8 Å². The molecule has 2 rings (SSSR count). The molecule has 1 heterocycles. The van der Waals surface area contributed by atoms with Crippen molar-refractivity contribution >= 4 is 5.78 Å². The maximum Gasteiger partial charge on any atom is 0.161 e. The lowest BCUT2D eigenvalue weighted by Crippen LogP contribution is -2.30. The lowest BCUT2D eigenvalue weighted by Gasteiger charge is -2.22. The zero-order valence-corrected chi connectivity index (χ0v) is 7.59. The van der Waals surface area contributed by atoms with Gasteiger partial charge >= 0.3 is 0 Å². The van der Waals surface area contributed by atoms with E-state index in [-0.39, 0.29) is 17.3 Å². The van der Waals surface area contributed by atoms with Gasteiger partial charge in [0.15, 0.2) is 5.78 Å². The SMILES string of the molecule is CC1=CC(=O)[C@@H]([C@]2(C)CO2)CC1. The molecule has 2 heteroatoms. The van der Waals surface area contributed by atoms with Crippen molar-refractivity contribution in [2.75, 3.05) is 6.61 Å². The molecule has 0 spiro atoms. The molecule has 0 amide bonds. The first-order valence-corrected chi connectivity index (χ1v) is 4.47. The maximum absolute atomic E-state index is 11.5. The quantitative estimate of drug-likeness (QED) is 0.555. The van der Waals surface area contributed by atoms with Gasteiger partial charge in [-0.15, -0.1) is 0 Å². The van der Waals surface area contributed by atoms with Gasteiger partial charge in [0.25, 0.3) is 0 Å². The molecule has 1 fully saturated rings. The summed E-state index contributed by atoms with van der Waals surface area (Å²) in [5, 5.41) is 0. The fraction of sp³-hybridized carbons (Fsp3) is 0.700. The monoisotopic (exact) mass is 166 g/mol. The number of epoxide rings is 1.